The number of amides is 3. The van der Waals surface area contributed by atoms with Crippen molar-refractivity contribution in [1.82, 2.24) is 16.4 Å². The third-order valence-electron chi connectivity index (χ3n) is 2.46. The normalized spacial score (nSPS) is 15.2. The molecule has 0 saturated heterocycles. The van der Waals surface area contributed by atoms with Crippen molar-refractivity contribution in [3.05, 3.63) is 0 Å². The first-order valence-corrected chi connectivity index (χ1v) is 4.91. The molecular formula is C8H15N3O7. The molecule has 0 aliphatic heterocycles. The third-order valence-corrected chi connectivity index (χ3v) is 2.46. The summed E-state index contributed by atoms with van der Waals surface area (Å²) >= 11 is 0. The smallest absolute Gasteiger partial charge is 0.276 e. The minimum atomic E-state index is -2.62. The van der Waals surface area contributed by atoms with E-state index in [9.17, 15) is 19.5 Å². The van der Waals surface area contributed by atoms with E-state index in [0.717, 1.165) is 5.48 Å². The monoisotopic (exact) mass is 265 g/mol. The first-order chi connectivity index (χ1) is 8.37. The SMILES string of the molecule is CCC(C(=O)NO)C(O)(CC(=O)NO)C(=O)NO. The van der Waals surface area contributed by atoms with E-state index >= 15 is 0 Å². The Labute approximate surface area is 101 Å². The highest BCUT2D eigenvalue weighted by Crippen LogP contribution is 2.25. The summed E-state index contributed by atoms with van der Waals surface area (Å²) in [7, 11) is 0. The zero-order valence-electron chi connectivity index (χ0n) is 9.51. The average Bonchev–Trinajstić information content (AvgIpc) is 2.37. The molecule has 0 fully saturated rings. The number of hydrogen-bond acceptors (Lipinski definition) is 7. The number of carbonyl (C=O) groups is 3. The van der Waals surface area contributed by atoms with Gasteiger partial charge in [0.1, 0.15) is 0 Å². The molecule has 0 saturated carbocycles. The summed E-state index contributed by atoms with van der Waals surface area (Å²) in [6, 6.07) is 0. The van der Waals surface area contributed by atoms with Crippen molar-refractivity contribution in [2.45, 2.75) is 25.4 Å². The molecule has 0 aromatic heterocycles. The maximum Gasteiger partial charge on any atom is 0.276 e. The van der Waals surface area contributed by atoms with Gasteiger partial charge in [0, 0.05) is 0 Å². The van der Waals surface area contributed by atoms with E-state index in [-0.39, 0.29) is 6.42 Å². The van der Waals surface area contributed by atoms with Crippen LogP contribution in [0.3, 0.4) is 0 Å². The summed E-state index contributed by atoms with van der Waals surface area (Å²) < 4.78 is 0. The van der Waals surface area contributed by atoms with Gasteiger partial charge in [-0.05, 0) is 6.42 Å². The highest BCUT2D eigenvalue weighted by Gasteiger charge is 2.48. The lowest BCUT2D eigenvalue weighted by Gasteiger charge is -2.31. The van der Waals surface area contributed by atoms with Crippen LogP contribution in [0, 0.1) is 5.92 Å². The van der Waals surface area contributed by atoms with E-state index in [0.29, 0.717) is 0 Å². The van der Waals surface area contributed by atoms with Gasteiger partial charge in [-0.1, -0.05) is 6.92 Å². The van der Waals surface area contributed by atoms with Gasteiger partial charge >= 0.3 is 0 Å². The Morgan fingerprint density at radius 3 is 2.00 bits per heavy atom. The fourth-order valence-corrected chi connectivity index (χ4v) is 1.56. The number of nitrogens with one attached hydrogen (secondary N) is 3. The van der Waals surface area contributed by atoms with Crippen LogP contribution >= 0.6 is 0 Å². The van der Waals surface area contributed by atoms with Gasteiger partial charge in [0.15, 0.2) is 5.60 Å². The summed E-state index contributed by atoms with van der Waals surface area (Å²) in [6.45, 7) is 1.41. The van der Waals surface area contributed by atoms with Crippen molar-refractivity contribution in [3.8, 4) is 0 Å². The van der Waals surface area contributed by atoms with Crippen LogP contribution in [0.5, 0.6) is 0 Å². The predicted molar refractivity (Wildman–Crippen MR) is 53.1 cm³/mol. The minimum absolute atomic E-state index is 0.116. The Morgan fingerprint density at radius 1 is 1.11 bits per heavy atom. The van der Waals surface area contributed by atoms with Crippen LogP contribution in [0.1, 0.15) is 19.8 Å². The van der Waals surface area contributed by atoms with Gasteiger partial charge in [-0.15, -0.1) is 0 Å². The Kier molecular flexibility index (Phi) is 6.19. The standard InChI is InChI=1S/C8H15N3O7/c1-2-4(6(13)10-17)8(15,7(14)11-18)3-5(12)9-16/h4,15-18H,2-3H2,1H3,(H,9,12)(H,10,13)(H,11,14). The van der Waals surface area contributed by atoms with E-state index in [1.165, 1.54) is 17.9 Å². The number of aliphatic hydroxyl groups is 1. The number of hydrogen-bond donors (Lipinski definition) is 7. The molecule has 2 atom stereocenters. The highest BCUT2D eigenvalue weighted by molar-refractivity contribution is 5.95. The van der Waals surface area contributed by atoms with Crippen LogP contribution in [-0.4, -0.2) is 44.1 Å². The van der Waals surface area contributed by atoms with Crippen molar-refractivity contribution in [2.75, 3.05) is 0 Å². The Bertz CT molecular complexity index is 335. The van der Waals surface area contributed by atoms with Crippen LogP contribution in [0.4, 0.5) is 0 Å². The minimum Gasteiger partial charge on any atom is -0.379 e. The lowest BCUT2D eigenvalue weighted by Crippen LogP contribution is -2.57. The fraction of sp³-hybridized carbons (Fsp3) is 0.625. The molecule has 0 spiro atoms. The van der Waals surface area contributed by atoms with E-state index < -0.39 is 35.7 Å². The van der Waals surface area contributed by atoms with Gasteiger partial charge in [-0.3, -0.25) is 30.0 Å². The maximum absolute atomic E-state index is 11.4. The molecule has 10 nitrogen and oxygen atoms in total. The first kappa shape index (κ1) is 16.2. The molecule has 18 heavy (non-hydrogen) atoms. The van der Waals surface area contributed by atoms with Crippen molar-refractivity contribution in [2.24, 2.45) is 5.92 Å². The predicted octanol–water partition coefficient (Wildman–Crippen LogP) is -2.35. The van der Waals surface area contributed by atoms with Crippen LogP contribution in [0.25, 0.3) is 0 Å². The zero-order chi connectivity index (χ0) is 14.3. The van der Waals surface area contributed by atoms with Crippen LogP contribution in [-0.2, 0) is 14.4 Å². The van der Waals surface area contributed by atoms with Gasteiger partial charge in [-0.2, -0.15) is 0 Å². The quantitative estimate of drug-likeness (QED) is 0.208. The second kappa shape index (κ2) is 6.86. The summed E-state index contributed by atoms with van der Waals surface area (Å²) in [5.74, 6) is -5.19. The maximum atomic E-state index is 11.4. The van der Waals surface area contributed by atoms with Gasteiger partial charge < -0.3 is 5.11 Å². The van der Waals surface area contributed by atoms with Crippen molar-refractivity contribution < 1.29 is 35.1 Å². The van der Waals surface area contributed by atoms with Gasteiger partial charge in [0.05, 0.1) is 12.3 Å². The van der Waals surface area contributed by atoms with Crippen molar-refractivity contribution in [3.63, 3.8) is 0 Å². The molecule has 3 amide bonds. The molecule has 0 aliphatic carbocycles. The first-order valence-electron chi connectivity index (χ1n) is 4.91. The Hall–Kier alpha value is -1.75. The lowest BCUT2D eigenvalue weighted by atomic mass is 9.81. The molecule has 0 aromatic carbocycles. The molecule has 0 aromatic rings. The van der Waals surface area contributed by atoms with Crippen LogP contribution in [0.15, 0.2) is 0 Å². The summed E-state index contributed by atoms with van der Waals surface area (Å²) in [5.41, 5.74) is 0.913. The molecule has 0 radical (unpaired) electrons. The molecule has 7 N–H and O–H groups in total. The Morgan fingerprint density at radius 2 is 1.67 bits per heavy atom. The summed E-state index contributed by atoms with van der Waals surface area (Å²) in [4.78, 5) is 33.7. The molecule has 0 rings (SSSR count). The zero-order valence-corrected chi connectivity index (χ0v) is 9.51. The lowest BCUT2D eigenvalue weighted by molar-refractivity contribution is -0.167. The largest absolute Gasteiger partial charge is 0.379 e. The van der Waals surface area contributed by atoms with Gasteiger partial charge in [0.2, 0.25) is 11.8 Å². The van der Waals surface area contributed by atoms with E-state index in [1.807, 2.05) is 0 Å². The van der Waals surface area contributed by atoms with Crippen LogP contribution in [0.2, 0.25) is 0 Å². The topological polar surface area (TPSA) is 168 Å². The van der Waals surface area contributed by atoms with E-state index in [2.05, 4.69) is 0 Å². The van der Waals surface area contributed by atoms with Crippen molar-refractivity contribution in [1.29, 1.82) is 0 Å². The molecular weight excluding hydrogens is 250 g/mol. The van der Waals surface area contributed by atoms with Gasteiger partial charge in [0.25, 0.3) is 5.91 Å². The molecule has 2 unspecified atom stereocenters. The average molecular weight is 265 g/mol. The van der Waals surface area contributed by atoms with E-state index in [4.69, 9.17) is 15.6 Å². The Balaban J connectivity index is 5.35. The number of carbonyl (C=O) groups excluding carboxylic acids is 3. The van der Waals surface area contributed by atoms with Crippen LogP contribution < -0.4 is 16.4 Å². The number of hydroxylamine groups is 3. The summed E-state index contributed by atoms with van der Waals surface area (Å²) in [6.07, 6.45) is -1.10. The van der Waals surface area contributed by atoms with E-state index in [1.54, 1.807) is 0 Å². The van der Waals surface area contributed by atoms with Gasteiger partial charge in [-0.25, -0.2) is 16.4 Å². The molecule has 0 aliphatic rings. The number of rotatable bonds is 6. The highest BCUT2D eigenvalue weighted by atomic mass is 16.5. The fourth-order valence-electron chi connectivity index (χ4n) is 1.56. The summed E-state index contributed by atoms with van der Waals surface area (Å²) in [5, 5.41) is 35.4. The van der Waals surface area contributed by atoms with Crippen molar-refractivity contribution >= 4 is 17.7 Å². The second-order valence-electron chi connectivity index (χ2n) is 3.51. The molecule has 0 heterocycles. The second-order valence-corrected chi connectivity index (χ2v) is 3.51. The molecule has 10 heteroatoms. The molecule has 0 bridgehead atoms. The third kappa shape index (κ3) is 3.37. The molecule has 104 valence electrons.